The van der Waals surface area contributed by atoms with Gasteiger partial charge in [0.05, 0.1) is 0 Å². The van der Waals surface area contributed by atoms with Crippen LogP contribution in [0, 0.1) is 0 Å². The minimum absolute atomic E-state index is 0.0905. The first-order chi connectivity index (χ1) is 39.0. The highest BCUT2D eigenvalue weighted by Crippen LogP contribution is 2.16. The Hall–Kier alpha value is -4.19. The Morgan fingerprint density at radius 3 is 0.785 bits per heavy atom. The molecule has 0 rings (SSSR count). The fraction of sp³-hybridized carbons (Fsp3) is 0.685. The SMILES string of the molecule is CC/C=C\C/C=C\C/C=C\C/C=C\C/C=C\C/C=C\C/C=C\CCCCCC(=O)OCC(COC(=O)CCCCCCCCCCCCC)OC(=O)CCCCCCCCCCCC/C=C\C/C=C\C/C=C\CCCCCCC. The largest absolute Gasteiger partial charge is 0.462 e. The third kappa shape index (κ3) is 64.5. The number of hydrogen-bond acceptors (Lipinski definition) is 6. The number of carbonyl (C=O) groups is 3. The lowest BCUT2D eigenvalue weighted by Crippen LogP contribution is -2.30. The highest BCUT2D eigenvalue weighted by molar-refractivity contribution is 5.71. The van der Waals surface area contributed by atoms with Crippen LogP contribution in [0.15, 0.2) is 122 Å². The average Bonchev–Trinajstić information content (AvgIpc) is 3.45. The maximum atomic E-state index is 12.9. The number of carbonyl (C=O) groups excluding carboxylic acids is 3. The van der Waals surface area contributed by atoms with Crippen molar-refractivity contribution >= 4 is 17.9 Å². The number of esters is 3. The molecule has 0 aromatic heterocycles. The van der Waals surface area contributed by atoms with Crippen molar-refractivity contribution in [3.8, 4) is 0 Å². The van der Waals surface area contributed by atoms with E-state index in [-0.39, 0.29) is 31.1 Å². The Labute approximate surface area is 488 Å². The maximum absolute atomic E-state index is 12.9. The fourth-order valence-corrected chi connectivity index (χ4v) is 9.02. The van der Waals surface area contributed by atoms with Gasteiger partial charge in [0.2, 0.25) is 0 Å². The number of ether oxygens (including phenoxy) is 3. The van der Waals surface area contributed by atoms with Gasteiger partial charge in [-0.15, -0.1) is 0 Å². The van der Waals surface area contributed by atoms with Gasteiger partial charge < -0.3 is 14.2 Å². The first-order valence-corrected chi connectivity index (χ1v) is 33.0. The van der Waals surface area contributed by atoms with Crippen molar-refractivity contribution in [2.45, 2.75) is 309 Å². The van der Waals surface area contributed by atoms with E-state index in [1.807, 2.05) is 0 Å². The predicted octanol–water partition coefficient (Wildman–Crippen LogP) is 22.8. The fourth-order valence-electron chi connectivity index (χ4n) is 9.02. The van der Waals surface area contributed by atoms with Crippen molar-refractivity contribution in [3.63, 3.8) is 0 Å². The lowest BCUT2D eigenvalue weighted by Gasteiger charge is -2.18. The van der Waals surface area contributed by atoms with E-state index in [1.54, 1.807) is 0 Å². The van der Waals surface area contributed by atoms with E-state index in [0.29, 0.717) is 19.3 Å². The summed E-state index contributed by atoms with van der Waals surface area (Å²) in [4.78, 5) is 38.3. The Morgan fingerprint density at radius 2 is 0.494 bits per heavy atom. The smallest absolute Gasteiger partial charge is 0.306 e. The van der Waals surface area contributed by atoms with Gasteiger partial charge >= 0.3 is 17.9 Å². The molecule has 0 aliphatic rings. The van der Waals surface area contributed by atoms with Gasteiger partial charge in [0.25, 0.3) is 0 Å². The standard InChI is InChI=1S/C73H122O6/c1-4-7-10-13-16-19-22-24-26-28-30-32-34-36-38-40-42-44-46-48-51-54-57-60-63-66-72(75)78-69-70(68-77-71(74)65-62-59-56-53-50-21-18-15-12-9-6-3)79-73(76)67-64-61-58-55-52-49-47-45-43-41-39-37-35-33-31-29-27-25-23-20-17-14-11-8-5-2/h7,10,16,19,23-26,29-32,35-38,42,44,48,51,70H,4-6,8-9,11-15,17-18,20-22,27-28,33-34,39-41,43,45-47,49-50,52-69H2,1-3H3/b10-7-,19-16-,25-23-,26-24-,31-29-,32-30-,37-35-,38-36-,44-42-,51-48-. The van der Waals surface area contributed by atoms with Crippen molar-refractivity contribution in [2.24, 2.45) is 0 Å². The molecule has 0 aromatic carbocycles. The van der Waals surface area contributed by atoms with Gasteiger partial charge in [-0.1, -0.05) is 290 Å². The minimum Gasteiger partial charge on any atom is -0.462 e. The van der Waals surface area contributed by atoms with E-state index < -0.39 is 6.10 Å². The monoisotopic (exact) mass is 1090 g/mol. The Balaban J connectivity index is 4.37. The van der Waals surface area contributed by atoms with Crippen LogP contribution in [0.5, 0.6) is 0 Å². The molecule has 79 heavy (non-hydrogen) atoms. The van der Waals surface area contributed by atoms with Crippen LogP contribution in [0.3, 0.4) is 0 Å². The molecule has 0 heterocycles. The van der Waals surface area contributed by atoms with Crippen molar-refractivity contribution in [3.05, 3.63) is 122 Å². The molecule has 1 unspecified atom stereocenters. The van der Waals surface area contributed by atoms with E-state index in [2.05, 4.69) is 142 Å². The molecule has 0 fully saturated rings. The predicted molar refractivity (Wildman–Crippen MR) is 343 cm³/mol. The average molecular weight is 1100 g/mol. The molecular formula is C73H122O6. The number of rotatable bonds is 59. The molecule has 0 radical (unpaired) electrons. The molecule has 0 amide bonds. The van der Waals surface area contributed by atoms with Crippen LogP contribution in [-0.2, 0) is 28.6 Å². The van der Waals surface area contributed by atoms with E-state index in [0.717, 1.165) is 122 Å². The third-order valence-electron chi connectivity index (χ3n) is 14.0. The summed E-state index contributed by atoms with van der Waals surface area (Å²) in [6.07, 6.45) is 92.1. The molecule has 1 atom stereocenters. The molecule has 0 N–H and O–H groups in total. The number of unbranched alkanes of at least 4 members (excludes halogenated alkanes) is 28. The second-order valence-corrected chi connectivity index (χ2v) is 21.6. The maximum Gasteiger partial charge on any atom is 0.306 e. The zero-order chi connectivity index (χ0) is 57.1. The van der Waals surface area contributed by atoms with E-state index in [1.165, 1.54) is 141 Å². The zero-order valence-corrected chi connectivity index (χ0v) is 51.6. The first kappa shape index (κ1) is 74.8. The number of hydrogen-bond donors (Lipinski definition) is 0. The molecule has 0 saturated heterocycles. The van der Waals surface area contributed by atoms with Crippen molar-refractivity contribution < 1.29 is 28.6 Å². The van der Waals surface area contributed by atoms with Gasteiger partial charge in [-0.2, -0.15) is 0 Å². The Morgan fingerprint density at radius 1 is 0.266 bits per heavy atom. The van der Waals surface area contributed by atoms with Gasteiger partial charge in [-0.3, -0.25) is 14.4 Å². The molecule has 6 heteroatoms. The molecule has 0 aliphatic heterocycles. The Kier molecular flexibility index (Phi) is 62.8. The van der Waals surface area contributed by atoms with Crippen LogP contribution in [0.4, 0.5) is 0 Å². The summed E-state index contributed by atoms with van der Waals surface area (Å²) in [7, 11) is 0. The summed E-state index contributed by atoms with van der Waals surface area (Å²) < 4.78 is 16.9. The molecule has 6 nitrogen and oxygen atoms in total. The quantitative estimate of drug-likeness (QED) is 0.0261. The van der Waals surface area contributed by atoms with Crippen molar-refractivity contribution in [1.82, 2.24) is 0 Å². The third-order valence-corrected chi connectivity index (χ3v) is 14.0. The summed E-state index contributed by atoms with van der Waals surface area (Å²) in [5, 5.41) is 0. The lowest BCUT2D eigenvalue weighted by molar-refractivity contribution is -0.167. The summed E-state index contributed by atoms with van der Waals surface area (Å²) in [5.41, 5.74) is 0. The van der Waals surface area contributed by atoms with Crippen LogP contribution >= 0.6 is 0 Å². The van der Waals surface area contributed by atoms with Gasteiger partial charge in [-0.25, -0.2) is 0 Å². The van der Waals surface area contributed by atoms with Crippen LogP contribution in [-0.4, -0.2) is 37.2 Å². The van der Waals surface area contributed by atoms with Crippen molar-refractivity contribution in [2.75, 3.05) is 13.2 Å². The summed E-state index contributed by atoms with van der Waals surface area (Å²) in [5.74, 6) is -0.924. The second kappa shape index (κ2) is 66.3. The summed E-state index contributed by atoms with van der Waals surface area (Å²) in [6.45, 7) is 6.49. The molecule has 0 aliphatic carbocycles. The second-order valence-electron chi connectivity index (χ2n) is 21.6. The van der Waals surface area contributed by atoms with Gasteiger partial charge in [0.15, 0.2) is 6.10 Å². The normalized spacial score (nSPS) is 12.9. The molecule has 450 valence electrons. The molecule has 0 bridgehead atoms. The van der Waals surface area contributed by atoms with Gasteiger partial charge in [0.1, 0.15) is 13.2 Å². The minimum atomic E-state index is -0.797. The lowest BCUT2D eigenvalue weighted by atomic mass is 10.0. The van der Waals surface area contributed by atoms with Gasteiger partial charge in [-0.05, 0) is 116 Å². The van der Waals surface area contributed by atoms with Gasteiger partial charge in [0, 0.05) is 19.3 Å². The van der Waals surface area contributed by atoms with Crippen LogP contribution in [0.2, 0.25) is 0 Å². The Bertz CT molecular complexity index is 1640. The van der Waals surface area contributed by atoms with Crippen LogP contribution < -0.4 is 0 Å². The zero-order valence-electron chi connectivity index (χ0n) is 51.6. The molecule has 0 saturated carbocycles. The molecule has 0 aromatic rings. The summed E-state index contributed by atoms with van der Waals surface area (Å²) in [6, 6.07) is 0. The molecule has 0 spiro atoms. The molecular weight excluding hydrogens is 973 g/mol. The first-order valence-electron chi connectivity index (χ1n) is 33.0. The van der Waals surface area contributed by atoms with Crippen molar-refractivity contribution in [1.29, 1.82) is 0 Å². The number of allylic oxidation sites excluding steroid dienone is 20. The van der Waals surface area contributed by atoms with Crippen LogP contribution in [0.25, 0.3) is 0 Å². The van der Waals surface area contributed by atoms with Crippen LogP contribution in [0.1, 0.15) is 303 Å². The highest BCUT2D eigenvalue weighted by Gasteiger charge is 2.19. The van der Waals surface area contributed by atoms with E-state index >= 15 is 0 Å². The highest BCUT2D eigenvalue weighted by atomic mass is 16.6. The summed E-state index contributed by atoms with van der Waals surface area (Å²) >= 11 is 0. The van der Waals surface area contributed by atoms with E-state index in [9.17, 15) is 14.4 Å². The topological polar surface area (TPSA) is 78.9 Å². The van der Waals surface area contributed by atoms with E-state index in [4.69, 9.17) is 14.2 Å².